The van der Waals surface area contributed by atoms with Gasteiger partial charge in [-0.25, -0.2) is 0 Å². The maximum absolute atomic E-state index is 12.4. The molecule has 0 saturated carbocycles. The lowest BCUT2D eigenvalue weighted by Crippen LogP contribution is -2.55. The van der Waals surface area contributed by atoms with Gasteiger partial charge in [0, 0.05) is 25.3 Å². The van der Waals surface area contributed by atoms with Crippen molar-refractivity contribution in [2.45, 2.75) is 20.4 Å². The summed E-state index contributed by atoms with van der Waals surface area (Å²) in [5, 5.41) is 2.75. The van der Waals surface area contributed by atoms with E-state index < -0.39 is 11.8 Å². The Balaban J connectivity index is 1.57. The zero-order valence-corrected chi connectivity index (χ0v) is 15.6. The maximum Gasteiger partial charge on any atom is 0.312 e. The van der Waals surface area contributed by atoms with Crippen LogP contribution in [0.4, 0.5) is 5.69 Å². The minimum atomic E-state index is -0.631. The highest BCUT2D eigenvalue weighted by molar-refractivity contribution is 6.35. The number of carbonyl (C=O) groups excluding carboxylic acids is 3. The standard InChI is InChI=1S/C21H23N3O3/c1-15-7-9-18(10-8-15)22-19(25)14-24-12-11-23(20(26)21(24)27)13-17-6-4-3-5-16(17)2/h3-10H,11-14H2,1-2H3,(H,22,25). The van der Waals surface area contributed by atoms with Crippen molar-refractivity contribution in [2.75, 3.05) is 25.0 Å². The van der Waals surface area contributed by atoms with Crippen molar-refractivity contribution in [3.63, 3.8) is 0 Å². The predicted octanol–water partition coefficient (Wildman–Crippen LogP) is 2.11. The second kappa shape index (κ2) is 8.03. The monoisotopic (exact) mass is 365 g/mol. The average molecular weight is 365 g/mol. The van der Waals surface area contributed by atoms with E-state index in [0.717, 1.165) is 16.7 Å². The van der Waals surface area contributed by atoms with E-state index in [1.165, 1.54) is 4.90 Å². The second-order valence-corrected chi connectivity index (χ2v) is 6.79. The first-order valence-corrected chi connectivity index (χ1v) is 8.93. The van der Waals surface area contributed by atoms with Gasteiger partial charge in [-0.15, -0.1) is 0 Å². The molecule has 0 aliphatic carbocycles. The molecule has 2 aromatic rings. The van der Waals surface area contributed by atoms with Crippen molar-refractivity contribution in [3.05, 3.63) is 65.2 Å². The van der Waals surface area contributed by atoms with E-state index in [1.54, 1.807) is 17.0 Å². The van der Waals surface area contributed by atoms with Crippen LogP contribution in [-0.4, -0.2) is 47.2 Å². The Labute approximate surface area is 158 Å². The molecule has 0 unspecified atom stereocenters. The Morgan fingerprint density at radius 1 is 0.926 bits per heavy atom. The van der Waals surface area contributed by atoms with E-state index in [4.69, 9.17) is 0 Å². The molecule has 0 bridgehead atoms. The second-order valence-electron chi connectivity index (χ2n) is 6.79. The minimum absolute atomic E-state index is 0.128. The highest BCUT2D eigenvalue weighted by Crippen LogP contribution is 2.14. The minimum Gasteiger partial charge on any atom is -0.328 e. The number of carbonyl (C=O) groups is 3. The number of nitrogens with one attached hydrogen (secondary N) is 1. The van der Waals surface area contributed by atoms with Crippen LogP contribution in [0.15, 0.2) is 48.5 Å². The molecule has 6 heteroatoms. The van der Waals surface area contributed by atoms with Gasteiger partial charge in [0.2, 0.25) is 5.91 Å². The molecule has 1 aliphatic rings. The molecule has 1 heterocycles. The third-order valence-electron chi connectivity index (χ3n) is 4.69. The lowest BCUT2D eigenvalue weighted by atomic mass is 10.1. The zero-order valence-electron chi connectivity index (χ0n) is 15.6. The number of anilines is 1. The van der Waals surface area contributed by atoms with Gasteiger partial charge in [0.25, 0.3) is 0 Å². The smallest absolute Gasteiger partial charge is 0.312 e. The predicted molar refractivity (Wildman–Crippen MR) is 103 cm³/mol. The van der Waals surface area contributed by atoms with Crippen LogP contribution in [0, 0.1) is 13.8 Å². The summed E-state index contributed by atoms with van der Waals surface area (Å²) in [4.78, 5) is 39.9. The highest BCUT2D eigenvalue weighted by Gasteiger charge is 2.33. The van der Waals surface area contributed by atoms with Gasteiger partial charge in [-0.1, -0.05) is 42.0 Å². The Bertz CT molecular complexity index is 861. The van der Waals surface area contributed by atoms with Crippen molar-refractivity contribution >= 4 is 23.4 Å². The number of piperazine rings is 1. The molecule has 140 valence electrons. The summed E-state index contributed by atoms with van der Waals surface area (Å²) in [5.41, 5.74) is 3.86. The van der Waals surface area contributed by atoms with Crippen molar-refractivity contribution in [3.8, 4) is 0 Å². The molecule has 27 heavy (non-hydrogen) atoms. The Hall–Kier alpha value is -3.15. The van der Waals surface area contributed by atoms with Crippen LogP contribution in [0.2, 0.25) is 0 Å². The number of amides is 3. The summed E-state index contributed by atoms with van der Waals surface area (Å²) >= 11 is 0. The lowest BCUT2D eigenvalue weighted by Gasteiger charge is -2.33. The fraction of sp³-hybridized carbons (Fsp3) is 0.286. The lowest BCUT2D eigenvalue weighted by molar-refractivity contribution is -0.157. The van der Waals surface area contributed by atoms with E-state index >= 15 is 0 Å². The van der Waals surface area contributed by atoms with Crippen LogP contribution in [0.3, 0.4) is 0 Å². The van der Waals surface area contributed by atoms with Crippen LogP contribution < -0.4 is 5.32 Å². The van der Waals surface area contributed by atoms with Crippen molar-refractivity contribution in [1.29, 1.82) is 0 Å². The molecular weight excluding hydrogens is 342 g/mol. The van der Waals surface area contributed by atoms with Gasteiger partial charge in [0.15, 0.2) is 0 Å². The van der Waals surface area contributed by atoms with Gasteiger partial charge >= 0.3 is 11.8 Å². The third-order valence-corrected chi connectivity index (χ3v) is 4.69. The number of hydrogen-bond acceptors (Lipinski definition) is 3. The molecule has 0 radical (unpaired) electrons. The molecule has 6 nitrogen and oxygen atoms in total. The molecule has 1 aliphatic heterocycles. The summed E-state index contributed by atoms with van der Waals surface area (Å²) in [6.45, 7) is 4.98. The number of hydrogen-bond donors (Lipinski definition) is 1. The van der Waals surface area contributed by atoms with Crippen LogP contribution in [-0.2, 0) is 20.9 Å². The molecule has 1 saturated heterocycles. The van der Waals surface area contributed by atoms with Crippen LogP contribution >= 0.6 is 0 Å². The largest absolute Gasteiger partial charge is 0.328 e. The summed E-state index contributed by atoms with van der Waals surface area (Å²) < 4.78 is 0. The molecule has 0 spiro atoms. The summed E-state index contributed by atoms with van der Waals surface area (Å²) in [6, 6.07) is 15.2. The number of nitrogens with zero attached hydrogens (tertiary/aromatic N) is 2. The third kappa shape index (κ3) is 4.53. The summed E-state index contributed by atoms with van der Waals surface area (Å²) in [5.74, 6) is -1.51. The Morgan fingerprint density at radius 2 is 1.56 bits per heavy atom. The number of rotatable bonds is 5. The van der Waals surface area contributed by atoms with Gasteiger partial charge in [-0.05, 0) is 37.1 Å². The summed E-state index contributed by atoms with van der Waals surface area (Å²) in [6.07, 6.45) is 0. The van der Waals surface area contributed by atoms with E-state index in [2.05, 4.69) is 5.32 Å². The first kappa shape index (κ1) is 18.6. The highest BCUT2D eigenvalue weighted by atomic mass is 16.2. The van der Waals surface area contributed by atoms with Gasteiger partial charge < -0.3 is 15.1 Å². The Kier molecular flexibility index (Phi) is 5.54. The molecule has 0 aromatic heterocycles. The summed E-state index contributed by atoms with van der Waals surface area (Å²) in [7, 11) is 0. The maximum atomic E-state index is 12.4. The van der Waals surface area contributed by atoms with Gasteiger partial charge in [0.05, 0.1) is 0 Å². The van der Waals surface area contributed by atoms with Gasteiger partial charge in [-0.3, -0.25) is 14.4 Å². The Morgan fingerprint density at radius 3 is 2.26 bits per heavy atom. The van der Waals surface area contributed by atoms with E-state index in [0.29, 0.717) is 25.3 Å². The van der Waals surface area contributed by atoms with Crippen molar-refractivity contribution in [2.24, 2.45) is 0 Å². The van der Waals surface area contributed by atoms with Gasteiger partial charge in [0.1, 0.15) is 6.54 Å². The molecule has 2 aromatic carbocycles. The van der Waals surface area contributed by atoms with E-state index in [1.807, 2.05) is 50.2 Å². The fourth-order valence-electron chi connectivity index (χ4n) is 3.02. The fourth-order valence-corrected chi connectivity index (χ4v) is 3.02. The van der Waals surface area contributed by atoms with E-state index in [-0.39, 0.29) is 12.5 Å². The van der Waals surface area contributed by atoms with Crippen LogP contribution in [0.1, 0.15) is 16.7 Å². The number of benzene rings is 2. The molecular formula is C21H23N3O3. The number of aryl methyl sites for hydroxylation is 2. The normalized spacial score (nSPS) is 14.4. The molecule has 0 atom stereocenters. The van der Waals surface area contributed by atoms with Crippen LogP contribution in [0.5, 0.6) is 0 Å². The zero-order chi connectivity index (χ0) is 19.4. The first-order chi connectivity index (χ1) is 12.9. The van der Waals surface area contributed by atoms with Crippen LogP contribution in [0.25, 0.3) is 0 Å². The molecule has 3 amide bonds. The van der Waals surface area contributed by atoms with Crippen molar-refractivity contribution in [1.82, 2.24) is 9.80 Å². The average Bonchev–Trinajstić information content (AvgIpc) is 2.65. The topological polar surface area (TPSA) is 69.7 Å². The molecule has 3 rings (SSSR count). The molecule has 1 N–H and O–H groups in total. The molecule has 1 fully saturated rings. The SMILES string of the molecule is Cc1ccc(NC(=O)CN2CCN(Cc3ccccc3C)C(=O)C2=O)cc1. The first-order valence-electron chi connectivity index (χ1n) is 8.93. The quantitative estimate of drug-likeness (QED) is 0.825. The van der Waals surface area contributed by atoms with Crippen molar-refractivity contribution < 1.29 is 14.4 Å². The van der Waals surface area contributed by atoms with Gasteiger partial charge in [-0.2, -0.15) is 0 Å². The van der Waals surface area contributed by atoms with E-state index in [9.17, 15) is 14.4 Å².